The molecule has 0 unspecified atom stereocenters. The van der Waals surface area contributed by atoms with E-state index < -0.39 is 0 Å². The first-order valence-electron chi connectivity index (χ1n) is 5.59. The number of nitrogens with zero attached hydrogens (tertiary/aromatic N) is 1. The van der Waals surface area contributed by atoms with Gasteiger partial charge >= 0.3 is 0 Å². The van der Waals surface area contributed by atoms with Crippen molar-refractivity contribution in [1.29, 1.82) is 0 Å². The third kappa shape index (κ3) is 6.35. The number of likely N-dealkylation sites (N-methyl/N-ethyl adjacent to an activating group) is 1. The molecule has 0 aliphatic rings. The third-order valence-electron chi connectivity index (χ3n) is 2.74. The fourth-order valence-corrected chi connectivity index (χ4v) is 1.45. The van der Waals surface area contributed by atoms with Gasteiger partial charge in [-0.15, -0.1) is 0 Å². The molecule has 3 nitrogen and oxygen atoms in total. The maximum Gasteiger partial charge on any atom is 0.0558 e. The SMILES string of the molecule is CCN(CCO)CCCC(C)(C)CN. The van der Waals surface area contributed by atoms with Crippen molar-refractivity contribution in [2.24, 2.45) is 11.1 Å². The number of aliphatic hydroxyl groups is 1. The van der Waals surface area contributed by atoms with Crippen molar-refractivity contribution < 1.29 is 5.11 Å². The Morgan fingerprint density at radius 3 is 2.36 bits per heavy atom. The molecule has 0 aromatic carbocycles. The van der Waals surface area contributed by atoms with Crippen LogP contribution in [0.1, 0.15) is 33.6 Å². The Labute approximate surface area is 88.3 Å². The second-order valence-electron chi connectivity index (χ2n) is 4.63. The lowest BCUT2D eigenvalue weighted by Crippen LogP contribution is -2.30. The van der Waals surface area contributed by atoms with Gasteiger partial charge in [-0.1, -0.05) is 20.8 Å². The second kappa shape index (κ2) is 7.21. The molecule has 0 aromatic heterocycles. The molecule has 0 spiro atoms. The van der Waals surface area contributed by atoms with Gasteiger partial charge in [-0.25, -0.2) is 0 Å². The topological polar surface area (TPSA) is 49.5 Å². The molecule has 0 heterocycles. The van der Waals surface area contributed by atoms with Crippen LogP contribution >= 0.6 is 0 Å². The normalized spacial score (nSPS) is 12.4. The molecule has 0 radical (unpaired) electrons. The van der Waals surface area contributed by atoms with Crippen LogP contribution in [-0.4, -0.2) is 42.8 Å². The Hall–Kier alpha value is -0.120. The van der Waals surface area contributed by atoms with Gasteiger partial charge in [0.05, 0.1) is 6.61 Å². The third-order valence-corrected chi connectivity index (χ3v) is 2.74. The molecule has 0 fully saturated rings. The summed E-state index contributed by atoms with van der Waals surface area (Å²) in [5, 5.41) is 8.81. The lowest BCUT2D eigenvalue weighted by molar-refractivity contribution is 0.192. The molecule has 0 aromatic rings. The van der Waals surface area contributed by atoms with Crippen LogP contribution in [0.3, 0.4) is 0 Å². The van der Waals surface area contributed by atoms with Crippen LogP contribution in [0, 0.1) is 5.41 Å². The molecule has 0 amide bonds. The summed E-state index contributed by atoms with van der Waals surface area (Å²) in [5.74, 6) is 0. The van der Waals surface area contributed by atoms with Crippen LogP contribution in [-0.2, 0) is 0 Å². The summed E-state index contributed by atoms with van der Waals surface area (Å²) in [5.41, 5.74) is 5.92. The van der Waals surface area contributed by atoms with Gasteiger partial charge in [-0.3, -0.25) is 0 Å². The Kier molecular flexibility index (Phi) is 7.15. The molecule has 0 saturated carbocycles. The fraction of sp³-hybridized carbons (Fsp3) is 1.00. The zero-order chi connectivity index (χ0) is 11.0. The number of nitrogens with two attached hydrogens (primary N) is 1. The van der Waals surface area contributed by atoms with Crippen LogP contribution in [0.2, 0.25) is 0 Å². The van der Waals surface area contributed by atoms with E-state index >= 15 is 0 Å². The number of hydrogen-bond donors (Lipinski definition) is 2. The maximum atomic E-state index is 8.81. The Bertz CT molecular complexity index is 137. The molecule has 3 heteroatoms. The van der Waals surface area contributed by atoms with Gasteiger partial charge in [0.1, 0.15) is 0 Å². The van der Waals surface area contributed by atoms with E-state index in [0.717, 1.165) is 39.0 Å². The molecule has 0 aliphatic heterocycles. The van der Waals surface area contributed by atoms with Crippen LogP contribution in [0.4, 0.5) is 0 Å². The Morgan fingerprint density at radius 2 is 1.93 bits per heavy atom. The lowest BCUT2D eigenvalue weighted by Gasteiger charge is -2.25. The Balaban J connectivity index is 3.60. The minimum Gasteiger partial charge on any atom is -0.395 e. The summed E-state index contributed by atoms with van der Waals surface area (Å²) in [4.78, 5) is 2.27. The van der Waals surface area contributed by atoms with Crippen molar-refractivity contribution in [1.82, 2.24) is 4.90 Å². The van der Waals surface area contributed by atoms with E-state index in [4.69, 9.17) is 10.8 Å². The van der Waals surface area contributed by atoms with E-state index in [1.165, 1.54) is 0 Å². The number of aliphatic hydroxyl groups excluding tert-OH is 1. The van der Waals surface area contributed by atoms with Gasteiger partial charge < -0.3 is 15.7 Å². The van der Waals surface area contributed by atoms with Crippen molar-refractivity contribution >= 4 is 0 Å². The number of hydrogen-bond acceptors (Lipinski definition) is 3. The van der Waals surface area contributed by atoms with Gasteiger partial charge in [0.25, 0.3) is 0 Å². The van der Waals surface area contributed by atoms with Crippen molar-refractivity contribution in [2.45, 2.75) is 33.6 Å². The largest absolute Gasteiger partial charge is 0.395 e. The molecule has 0 rings (SSSR count). The predicted octanol–water partition coefficient (Wildman–Crippen LogP) is 1.07. The molecule has 14 heavy (non-hydrogen) atoms. The van der Waals surface area contributed by atoms with Gasteiger partial charge in [0.15, 0.2) is 0 Å². The van der Waals surface area contributed by atoms with Crippen molar-refractivity contribution in [3.8, 4) is 0 Å². The quantitative estimate of drug-likeness (QED) is 0.619. The Morgan fingerprint density at radius 1 is 1.29 bits per heavy atom. The zero-order valence-corrected chi connectivity index (χ0v) is 9.92. The van der Waals surface area contributed by atoms with E-state index in [1.54, 1.807) is 0 Å². The molecule has 0 bridgehead atoms. The average molecular weight is 202 g/mol. The molecular weight excluding hydrogens is 176 g/mol. The molecule has 3 N–H and O–H groups in total. The summed E-state index contributed by atoms with van der Waals surface area (Å²) < 4.78 is 0. The molecule has 86 valence electrons. The molecular formula is C11H26N2O. The summed E-state index contributed by atoms with van der Waals surface area (Å²) in [6, 6.07) is 0. The summed E-state index contributed by atoms with van der Waals surface area (Å²) in [6.07, 6.45) is 2.32. The molecule has 0 atom stereocenters. The molecule has 0 aliphatic carbocycles. The lowest BCUT2D eigenvalue weighted by atomic mass is 9.88. The predicted molar refractivity (Wildman–Crippen MR) is 61.3 cm³/mol. The van der Waals surface area contributed by atoms with Gasteiger partial charge in [0.2, 0.25) is 0 Å². The zero-order valence-electron chi connectivity index (χ0n) is 9.92. The van der Waals surface area contributed by atoms with Crippen LogP contribution < -0.4 is 5.73 Å². The number of rotatable bonds is 8. The van der Waals surface area contributed by atoms with Crippen molar-refractivity contribution in [3.05, 3.63) is 0 Å². The van der Waals surface area contributed by atoms with E-state index in [2.05, 4.69) is 25.7 Å². The fourth-order valence-electron chi connectivity index (χ4n) is 1.45. The van der Waals surface area contributed by atoms with E-state index in [0.29, 0.717) is 0 Å². The van der Waals surface area contributed by atoms with Crippen molar-refractivity contribution in [2.75, 3.05) is 32.8 Å². The smallest absolute Gasteiger partial charge is 0.0558 e. The van der Waals surface area contributed by atoms with Gasteiger partial charge in [-0.05, 0) is 37.9 Å². The summed E-state index contributed by atoms with van der Waals surface area (Å²) in [7, 11) is 0. The molecule has 0 saturated heterocycles. The first kappa shape index (κ1) is 13.9. The standard InChI is InChI=1S/C11H26N2O/c1-4-13(8-9-14)7-5-6-11(2,3)10-12/h14H,4-10,12H2,1-3H3. The highest BCUT2D eigenvalue weighted by atomic mass is 16.3. The minimum absolute atomic E-state index is 0.258. The average Bonchev–Trinajstić information content (AvgIpc) is 2.16. The minimum atomic E-state index is 0.258. The van der Waals surface area contributed by atoms with Crippen molar-refractivity contribution in [3.63, 3.8) is 0 Å². The highest BCUT2D eigenvalue weighted by Gasteiger charge is 2.15. The first-order valence-corrected chi connectivity index (χ1v) is 5.59. The second-order valence-corrected chi connectivity index (χ2v) is 4.63. The van der Waals surface area contributed by atoms with Crippen LogP contribution in [0.15, 0.2) is 0 Å². The first-order chi connectivity index (χ1) is 6.55. The van der Waals surface area contributed by atoms with Crippen LogP contribution in [0.25, 0.3) is 0 Å². The summed E-state index contributed by atoms with van der Waals surface area (Å²) >= 11 is 0. The monoisotopic (exact) mass is 202 g/mol. The summed E-state index contributed by atoms with van der Waals surface area (Å²) in [6.45, 7) is 10.4. The van der Waals surface area contributed by atoms with Gasteiger partial charge in [-0.2, -0.15) is 0 Å². The van der Waals surface area contributed by atoms with E-state index in [-0.39, 0.29) is 12.0 Å². The van der Waals surface area contributed by atoms with E-state index in [9.17, 15) is 0 Å². The highest BCUT2D eigenvalue weighted by molar-refractivity contribution is 4.70. The van der Waals surface area contributed by atoms with E-state index in [1.807, 2.05) is 0 Å². The van der Waals surface area contributed by atoms with Crippen LogP contribution in [0.5, 0.6) is 0 Å². The maximum absolute atomic E-state index is 8.81. The highest BCUT2D eigenvalue weighted by Crippen LogP contribution is 2.20. The van der Waals surface area contributed by atoms with Gasteiger partial charge in [0, 0.05) is 6.54 Å².